The zero-order chi connectivity index (χ0) is 24.5. The van der Waals surface area contributed by atoms with Crippen LogP contribution in [0.2, 0.25) is 0 Å². The van der Waals surface area contributed by atoms with E-state index < -0.39 is 11.8 Å². The van der Waals surface area contributed by atoms with E-state index in [0.29, 0.717) is 22.5 Å². The van der Waals surface area contributed by atoms with Gasteiger partial charge in [-0.2, -0.15) is 10.5 Å². The SMILES string of the molecule is Cc1ccc(NC(=O)/C(C#N)=C/c2cccc(/C=C(\C#N)C(=O)Nc3ccc(C)cc3)c2)cc1. The van der Waals surface area contributed by atoms with Crippen LogP contribution in [0.25, 0.3) is 12.2 Å². The van der Waals surface area contributed by atoms with Gasteiger partial charge in [0.05, 0.1) is 0 Å². The molecule has 0 spiro atoms. The molecule has 0 unspecified atom stereocenters. The van der Waals surface area contributed by atoms with E-state index in [0.717, 1.165) is 11.1 Å². The average molecular weight is 447 g/mol. The number of amides is 2. The van der Waals surface area contributed by atoms with Gasteiger partial charge in [-0.05, 0) is 67.5 Å². The molecule has 166 valence electrons. The Morgan fingerprint density at radius 2 is 1.06 bits per heavy atom. The van der Waals surface area contributed by atoms with Crippen LogP contribution < -0.4 is 10.6 Å². The summed E-state index contributed by atoms with van der Waals surface area (Å²) < 4.78 is 0. The van der Waals surface area contributed by atoms with Gasteiger partial charge >= 0.3 is 0 Å². The fraction of sp³-hybridized carbons (Fsp3) is 0.0714. The molecule has 0 saturated carbocycles. The first kappa shape index (κ1) is 23.7. The summed E-state index contributed by atoms with van der Waals surface area (Å²) in [5, 5.41) is 24.4. The van der Waals surface area contributed by atoms with Crippen molar-refractivity contribution < 1.29 is 9.59 Å². The van der Waals surface area contributed by atoms with Gasteiger partial charge in [0.2, 0.25) is 0 Å². The third kappa shape index (κ3) is 6.53. The predicted octanol–water partition coefficient (Wildman–Crippen LogP) is 5.39. The van der Waals surface area contributed by atoms with Gasteiger partial charge in [-0.3, -0.25) is 9.59 Å². The van der Waals surface area contributed by atoms with E-state index in [9.17, 15) is 20.1 Å². The number of nitrogens with zero attached hydrogens (tertiary/aromatic N) is 2. The molecule has 0 aliphatic carbocycles. The molecule has 3 aromatic carbocycles. The van der Waals surface area contributed by atoms with Gasteiger partial charge in [0.1, 0.15) is 23.3 Å². The molecular weight excluding hydrogens is 424 g/mol. The zero-order valence-corrected chi connectivity index (χ0v) is 18.8. The van der Waals surface area contributed by atoms with Crippen LogP contribution in [-0.4, -0.2) is 11.8 Å². The van der Waals surface area contributed by atoms with Crippen molar-refractivity contribution in [3.8, 4) is 12.1 Å². The molecule has 0 saturated heterocycles. The van der Waals surface area contributed by atoms with E-state index in [4.69, 9.17) is 0 Å². The quantitative estimate of drug-likeness (QED) is 0.391. The van der Waals surface area contributed by atoms with E-state index in [1.54, 1.807) is 48.5 Å². The molecule has 3 aromatic rings. The molecule has 6 nitrogen and oxygen atoms in total. The van der Waals surface area contributed by atoms with Gasteiger partial charge in [0, 0.05) is 11.4 Å². The Labute approximate surface area is 198 Å². The Bertz CT molecular complexity index is 1250. The van der Waals surface area contributed by atoms with Crippen molar-refractivity contribution in [2.75, 3.05) is 10.6 Å². The maximum absolute atomic E-state index is 12.5. The fourth-order valence-corrected chi connectivity index (χ4v) is 3.04. The second kappa shape index (κ2) is 11.1. The molecule has 0 radical (unpaired) electrons. The fourth-order valence-electron chi connectivity index (χ4n) is 3.04. The van der Waals surface area contributed by atoms with Crippen LogP contribution in [-0.2, 0) is 9.59 Å². The summed E-state index contributed by atoms with van der Waals surface area (Å²) in [6.45, 7) is 3.88. The summed E-state index contributed by atoms with van der Waals surface area (Å²) in [6, 6.07) is 25.2. The van der Waals surface area contributed by atoms with E-state index in [1.165, 1.54) is 12.2 Å². The van der Waals surface area contributed by atoms with Crippen LogP contribution in [0.15, 0.2) is 83.9 Å². The van der Waals surface area contributed by atoms with Crippen molar-refractivity contribution in [2.45, 2.75) is 13.8 Å². The lowest BCUT2D eigenvalue weighted by Gasteiger charge is -2.06. The number of benzene rings is 3. The number of hydrogen-bond acceptors (Lipinski definition) is 4. The molecule has 0 fully saturated rings. The highest BCUT2D eigenvalue weighted by molar-refractivity contribution is 6.10. The maximum Gasteiger partial charge on any atom is 0.266 e. The largest absolute Gasteiger partial charge is 0.321 e. The Morgan fingerprint density at radius 3 is 1.41 bits per heavy atom. The molecule has 0 heterocycles. The van der Waals surface area contributed by atoms with E-state index in [-0.39, 0.29) is 11.1 Å². The molecule has 3 rings (SSSR count). The second-order valence-electron chi connectivity index (χ2n) is 7.65. The standard InChI is InChI=1S/C28H22N4O2/c1-19-6-10-25(11-7-19)31-27(33)23(17-29)15-21-4-3-5-22(14-21)16-24(18-30)28(34)32-26-12-8-20(2)9-13-26/h3-16H,1-2H3,(H,31,33)(H,32,34)/b23-15+,24-16+. The lowest BCUT2D eigenvalue weighted by molar-refractivity contribution is -0.113. The van der Waals surface area contributed by atoms with Crippen molar-refractivity contribution >= 4 is 35.3 Å². The first-order chi connectivity index (χ1) is 16.4. The highest BCUT2D eigenvalue weighted by Crippen LogP contribution is 2.16. The van der Waals surface area contributed by atoms with Gasteiger partial charge in [0.25, 0.3) is 11.8 Å². The minimum atomic E-state index is -0.525. The van der Waals surface area contributed by atoms with Crippen molar-refractivity contribution in [3.63, 3.8) is 0 Å². The number of rotatable bonds is 6. The molecule has 2 amide bonds. The number of nitriles is 2. The number of nitrogens with one attached hydrogen (secondary N) is 2. The van der Waals surface area contributed by atoms with Gasteiger partial charge in [-0.25, -0.2) is 0 Å². The third-order valence-corrected chi connectivity index (χ3v) is 4.88. The highest BCUT2D eigenvalue weighted by Gasteiger charge is 2.11. The maximum atomic E-state index is 12.5. The van der Waals surface area contributed by atoms with Gasteiger partial charge in [-0.1, -0.05) is 53.6 Å². The molecule has 0 aliphatic heterocycles. The Kier molecular flexibility index (Phi) is 7.73. The van der Waals surface area contributed by atoms with Crippen LogP contribution >= 0.6 is 0 Å². The number of anilines is 2. The Balaban J connectivity index is 1.78. The monoisotopic (exact) mass is 446 g/mol. The molecule has 6 heteroatoms. The summed E-state index contributed by atoms with van der Waals surface area (Å²) in [5.41, 5.74) is 4.32. The van der Waals surface area contributed by atoms with Crippen molar-refractivity contribution in [2.24, 2.45) is 0 Å². The van der Waals surface area contributed by atoms with E-state index >= 15 is 0 Å². The first-order valence-electron chi connectivity index (χ1n) is 10.5. The number of carbonyl (C=O) groups excluding carboxylic acids is 2. The van der Waals surface area contributed by atoms with Crippen molar-refractivity contribution in [1.82, 2.24) is 0 Å². The molecule has 0 aliphatic rings. The molecule has 0 bridgehead atoms. The lowest BCUT2D eigenvalue weighted by Crippen LogP contribution is -2.13. The molecule has 0 aromatic heterocycles. The van der Waals surface area contributed by atoms with Crippen molar-refractivity contribution in [3.05, 3.63) is 106 Å². The van der Waals surface area contributed by atoms with Crippen LogP contribution in [0, 0.1) is 36.5 Å². The predicted molar refractivity (Wildman–Crippen MR) is 133 cm³/mol. The average Bonchev–Trinajstić information content (AvgIpc) is 2.84. The van der Waals surface area contributed by atoms with Crippen LogP contribution in [0.4, 0.5) is 11.4 Å². The van der Waals surface area contributed by atoms with Crippen LogP contribution in [0.5, 0.6) is 0 Å². The lowest BCUT2D eigenvalue weighted by atomic mass is 10.1. The first-order valence-corrected chi connectivity index (χ1v) is 10.5. The van der Waals surface area contributed by atoms with Gasteiger partial charge < -0.3 is 10.6 Å². The summed E-state index contributed by atoms with van der Waals surface area (Å²) >= 11 is 0. The third-order valence-electron chi connectivity index (χ3n) is 4.88. The van der Waals surface area contributed by atoms with Crippen LogP contribution in [0.3, 0.4) is 0 Å². The number of carbonyl (C=O) groups is 2. The summed E-state index contributed by atoms with van der Waals surface area (Å²) in [6.07, 6.45) is 2.92. The van der Waals surface area contributed by atoms with Gasteiger partial charge in [0.15, 0.2) is 0 Å². The number of hydrogen-bond donors (Lipinski definition) is 2. The Morgan fingerprint density at radius 1 is 0.676 bits per heavy atom. The van der Waals surface area contributed by atoms with Crippen LogP contribution in [0.1, 0.15) is 22.3 Å². The molecular formula is C28H22N4O2. The minimum absolute atomic E-state index is 0.0701. The van der Waals surface area contributed by atoms with Crippen molar-refractivity contribution in [1.29, 1.82) is 10.5 Å². The summed E-state index contributed by atoms with van der Waals surface area (Å²) in [7, 11) is 0. The van der Waals surface area contributed by atoms with Gasteiger partial charge in [-0.15, -0.1) is 0 Å². The number of aryl methyl sites for hydroxylation is 2. The van der Waals surface area contributed by atoms with E-state index in [2.05, 4.69) is 10.6 Å². The molecule has 0 atom stereocenters. The highest BCUT2D eigenvalue weighted by atomic mass is 16.2. The Hall–Kier alpha value is -4.94. The molecule has 34 heavy (non-hydrogen) atoms. The topological polar surface area (TPSA) is 106 Å². The normalized spacial score (nSPS) is 11.2. The van der Waals surface area contributed by atoms with E-state index in [1.807, 2.05) is 50.3 Å². The zero-order valence-electron chi connectivity index (χ0n) is 18.8. The molecule has 2 N–H and O–H groups in total. The minimum Gasteiger partial charge on any atom is -0.321 e. The summed E-state index contributed by atoms with van der Waals surface area (Å²) in [5.74, 6) is -1.05. The summed E-state index contributed by atoms with van der Waals surface area (Å²) in [4.78, 5) is 25.0. The second-order valence-corrected chi connectivity index (χ2v) is 7.65. The smallest absolute Gasteiger partial charge is 0.266 e.